The second kappa shape index (κ2) is 7.15. The van der Waals surface area contributed by atoms with Crippen molar-refractivity contribution in [3.8, 4) is 0 Å². The molecule has 21 heavy (non-hydrogen) atoms. The van der Waals surface area contributed by atoms with Gasteiger partial charge in [-0.3, -0.25) is 4.79 Å². The molecule has 0 bridgehead atoms. The van der Waals surface area contributed by atoms with Crippen molar-refractivity contribution in [2.75, 3.05) is 13.7 Å². The van der Waals surface area contributed by atoms with Crippen molar-refractivity contribution in [2.24, 2.45) is 0 Å². The molecule has 0 radical (unpaired) electrons. The number of thiophene rings is 1. The first-order valence-electron chi connectivity index (χ1n) is 7.28. The molecule has 2 heterocycles. The molecule has 0 aromatic carbocycles. The van der Waals surface area contributed by atoms with E-state index in [9.17, 15) is 4.79 Å². The van der Waals surface area contributed by atoms with Crippen molar-refractivity contribution in [3.05, 3.63) is 26.6 Å². The van der Waals surface area contributed by atoms with Crippen LogP contribution >= 0.6 is 11.3 Å². The van der Waals surface area contributed by atoms with Crippen LogP contribution < -0.4 is 10.9 Å². The zero-order valence-corrected chi connectivity index (χ0v) is 13.9. The van der Waals surface area contributed by atoms with Gasteiger partial charge in [-0.05, 0) is 25.8 Å². The first kappa shape index (κ1) is 16.1. The van der Waals surface area contributed by atoms with Gasteiger partial charge in [-0.2, -0.15) is 0 Å². The molecular weight excluding hydrogens is 286 g/mol. The molecule has 2 aromatic rings. The molecule has 6 heteroatoms. The van der Waals surface area contributed by atoms with E-state index in [1.165, 1.54) is 0 Å². The first-order valence-corrected chi connectivity index (χ1v) is 8.09. The SMILES string of the molecule is CCCC(COC)NCc1nc2sc(C)c(C)c2c(=O)[nH]1. The van der Waals surface area contributed by atoms with Crippen LogP contribution in [0.1, 0.15) is 36.0 Å². The van der Waals surface area contributed by atoms with E-state index in [2.05, 4.69) is 22.2 Å². The maximum absolute atomic E-state index is 12.2. The minimum absolute atomic E-state index is 0.0440. The second-order valence-electron chi connectivity index (χ2n) is 5.30. The Morgan fingerprint density at radius 3 is 2.86 bits per heavy atom. The molecule has 5 nitrogen and oxygen atoms in total. The number of rotatable bonds is 7. The van der Waals surface area contributed by atoms with E-state index in [1.807, 2.05) is 13.8 Å². The average Bonchev–Trinajstić information content (AvgIpc) is 2.72. The largest absolute Gasteiger partial charge is 0.383 e. The summed E-state index contributed by atoms with van der Waals surface area (Å²) >= 11 is 1.58. The second-order valence-corrected chi connectivity index (χ2v) is 6.50. The fourth-order valence-electron chi connectivity index (χ4n) is 2.42. The lowest BCUT2D eigenvalue weighted by Crippen LogP contribution is -2.33. The molecule has 1 atom stereocenters. The summed E-state index contributed by atoms with van der Waals surface area (Å²) in [7, 11) is 1.70. The molecule has 1 unspecified atom stereocenters. The third-order valence-corrected chi connectivity index (χ3v) is 4.75. The van der Waals surface area contributed by atoms with Gasteiger partial charge in [0.05, 0.1) is 18.5 Å². The van der Waals surface area contributed by atoms with Crippen molar-refractivity contribution >= 4 is 21.6 Å². The molecule has 0 aliphatic carbocycles. The monoisotopic (exact) mass is 309 g/mol. The standard InChI is InChI=1S/C15H23N3O2S/c1-5-6-11(8-20-4)16-7-12-17-14(19)13-9(2)10(3)21-15(13)18-12/h11,16H,5-8H2,1-4H3,(H,17,18,19). The number of hydrogen-bond donors (Lipinski definition) is 2. The van der Waals surface area contributed by atoms with E-state index in [0.717, 1.165) is 33.5 Å². The number of aromatic amines is 1. The third-order valence-electron chi connectivity index (χ3n) is 3.65. The van der Waals surface area contributed by atoms with E-state index in [1.54, 1.807) is 18.4 Å². The Morgan fingerprint density at radius 1 is 1.43 bits per heavy atom. The highest BCUT2D eigenvalue weighted by molar-refractivity contribution is 7.18. The Labute approximate surface area is 128 Å². The van der Waals surface area contributed by atoms with Gasteiger partial charge in [0.1, 0.15) is 10.7 Å². The number of aromatic nitrogens is 2. The van der Waals surface area contributed by atoms with Crippen molar-refractivity contribution in [1.29, 1.82) is 0 Å². The summed E-state index contributed by atoms with van der Waals surface area (Å²) in [6.07, 6.45) is 2.13. The topological polar surface area (TPSA) is 67.0 Å². The van der Waals surface area contributed by atoms with Crippen LogP contribution in [0.25, 0.3) is 10.2 Å². The fourth-order valence-corrected chi connectivity index (χ4v) is 3.47. The van der Waals surface area contributed by atoms with Crippen LogP contribution in [0.5, 0.6) is 0 Å². The van der Waals surface area contributed by atoms with Crippen LogP contribution in [0.15, 0.2) is 4.79 Å². The summed E-state index contributed by atoms with van der Waals surface area (Å²) in [6, 6.07) is 0.285. The lowest BCUT2D eigenvalue weighted by atomic mass is 10.2. The van der Waals surface area contributed by atoms with E-state index < -0.39 is 0 Å². The highest BCUT2D eigenvalue weighted by Gasteiger charge is 2.13. The molecule has 0 saturated heterocycles. The van der Waals surface area contributed by atoms with Gasteiger partial charge in [0, 0.05) is 18.0 Å². The molecule has 0 spiro atoms. The number of hydrogen-bond acceptors (Lipinski definition) is 5. The molecule has 0 aliphatic heterocycles. The Balaban J connectivity index is 2.17. The van der Waals surface area contributed by atoms with E-state index >= 15 is 0 Å². The summed E-state index contributed by atoms with van der Waals surface area (Å²) < 4.78 is 5.21. The van der Waals surface area contributed by atoms with Gasteiger partial charge in [-0.15, -0.1) is 11.3 Å². The van der Waals surface area contributed by atoms with Crippen molar-refractivity contribution in [2.45, 2.75) is 46.2 Å². The summed E-state index contributed by atoms with van der Waals surface area (Å²) in [5, 5.41) is 4.12. The van der Waals surface area contributed by atoms with Gasteiger partial charge in [0.25, 0.3) is 5.56 Å². The Kier molecular flexibility index (Phi) is 5.50. The number of ether oxygens (including phenoxy) is 1. The molecule has 2 aromatic heterocycles. The molecule has 0 amide bonds. The van der Waals surface area contributed by atoms with Crippen LogP contribution in [0.3, 0.4) is 0 Å². The third kappa shape index (κ3) is 3.70. The number of methoxy groups -OCH3 is 1. The molecule has 0 aliphatic rings. The van der Waals surface area contributed by atoms with Crippen molar-refractivity contribution in [3.63, 3.8) is 0 Å². The van der Waals surface area contributed by atoms with E-state index in [4.69, 9.17) is 4.74 Å². The Hall–Kier alpha value is -1.24. The molecular formula is C15H23N3O2S. The number of H-pyrrole nitrogens is 1. The highest BCUT2D eigenvalue weighted by atomic mass is 32.1. The average molecular weight is 309 g/mol. The maximum Gasteiger partial charge on any atom is 0.259 e. The normalized spacial score (nSPS) is 13.0. The summed E-state index contributed by atoms with van der Waals surface area (Å²) in [6.45, 7) is 7.36. The molecule has 2 rings (SSSR count). The van der Waals surface area contributed by atoms with Gasteiger partial charge in [-0.25, -0.2) is 4.98 Å². The zero-order chi connectivity index (χ0) is 15.4. The number of fused-ring (bicyclic) bond motifs is 1. The van der Waals surface area contributed by atoms with E-state index in [-0.39, 0.29) is 11.6 Å². The summed E-state index contributed by atoms with van der Waals surface area (Å²) in [4.78, 5) is 21.6. The van der Waals surface area contributed by atoms with E-state index in [0.29, 0.717) is 19.0 Å². The Morgan fingerprint density at radius 2 is 2.19 bits per heavy atom. The maximum atomic E-state index is 12.2. The highest BCUT2D eigenvalue weighted by Crippen LogP contribution is 2.25. The van der Waals surface area contributed by atoms with Crippen molar-refractivity contribution in [1.82, 2.24) is 15.3 Å². The van der Waals surface area contributed by atoms with Crippen LogP contribution in [0, 0.1) is 13.8 Å². The van der Waals surface area contributed by atoms with Crippen LogP contribution in [-0.4, -0.2) is 29.7 Å². The number of nitrogens with one attached hydrogen (secondary N) is 2. The Bertz CT molecular complexity index is 657. The van der Waals surface area contributed by atoms with Gasteiger partial charge in [0.15, 0.2) is 0 Å². The van der Waals surface area contributed by atoms with Crippen LogP contribution in [0.4, 0.5) is 0 Å². The predicted octanol–water partition coefficient (Wildman–Crippen LogP) is 2.51. The smallest absolute Gasteiger partial charge is 0.259 e. The van der Waals surface area contributed by atoms with Gasteiger partial charge >= 0.3 is 0 Å². The molecule has 2 N–H and O–H groups in total. The van der Waals surface area contributed by atoms with Crippen LogP contribution in [-0.2, 0) is 11.3 Å². The first-order chi connectivity index (χ1) is 10.1. The minimum Gasteiger partial charge on any atom is -0.383 e. The predicted molar refractivity (Wildman–Crippen MR) is 87.1 cm³/mol. The van der Waals surface area contributed by atoms with Gasteiger partial charge < -0.3 is 15.0 Å². The molecule has 116 valence electrons. The van der Waals surface area contributed by atoms with Crippen LogP contribution in [0.2, 0.25) is 0 Å². The zero-order valence-electron chi connectivity index (χ0n) is 13.1. The summed E-state index contributed by atoms with van der Waals surface area (Å²) in [5.41, 5.74) is 0.990. The fraction of sp³-hybridized carbons (Fsp3) is 0.600. The summed E-state index contributed by atoms with van der Waals surface area (Å²) in [5.74, 6) is 0.686. The lowest BCUT2D eigenvalue weighted by Gasteiger charge is -2.16. The quantitative estimate of drug-likeness (QED) is 0.824. The van der Waals surface area contributed by atoms with Gasteiger partial charge in [-0.1, -0.05) is 13.3 Å². The number of nitrogens with zero attached hydrogens (tertiary/aromatic N) is 1. The van der Waals surface area contributed by atoms with Gasteiger partial charge in [0.2, 0.25) is 0 Å². The minimum atomic E-state index is -0.0440. The van der Waals surface area contributed by atoms with Crippen molar-refractivity contribution < 1.29 is 4.74 Å². The molecule has 0 saturated carbocycles. The number of aryl methyl sites for hydroxylation is 2. The lowest BCUT2D eigenvalue weighted by molar-refractivity contribution is 0.161. The molecule has 0 fully saturated rings.